The molecule has 4 nitrogen and oxygen atoms in total. The van der Waals surface area contributed by atoms with Gasteiger partial charge in [0.2, 0.25) is 0 Å². The van der Waals surface area contributed by atoms with Gasteiger partial charge < -0.3 is 19.4 Å². The van der Waals surface area contributed by atoms with Crippen molar-refractivity contribution >= 4 is 0 Å². The molecule has 0 aromatic carbocycles. The smallest absolute Gasteiger partial charge is 0.0599 e. The molecule has 3 aliphatic heterocycles. The maximum atomic E-state index is 5.93. The molecule has 0 aromatic heterocycles. The van der Waals surface area contributed by atoms with E-state index in [1.165, 1.54) is 90.6 Å². The Kier molecular flexibility index (Phi) is 13.1. The van der Waals surface area contributed by atoms with Gasteiger partial charge in [-0.15, -0.1) is 0 Å². The van der Waals surface area contributed by atoms with Crippen LogP contribution in [0.25, 0.3) is 0 Å². The highest BCUT2D eigenvalue weighted by atomic mass is 16.5. The van der Waals surface area contributed by atoms with Gasteiger partial charge in [-0.25, -0.2) is 0 Å². The van der Waals surface area contributed by atoms with Gasteiger partial charge in [0.1, 0.15) is 0 Å². The van der Waals surface area contributed by atoms with Crippen LogP contribution in [0.15, 0.2) is 0 Å². The van der Waals surface area contributed by atoms with Crippen molar-refractivity contribution in [3.05, 3.63) is 0 Å². The highest BCUT2D eigenvalue weighted by molar-refractivity contribution is 4.85. The van der Waals surface area contributed by atoms with Crippen molar-refractivity contribution in [3.8, 4) is 0 Å². The normalized spacial score (nSPS) is 25.1. The first-order valence-corrected chi connectivity index (χ1v) is 14.1. The van der Waals surface area contributed by atoms with Crippen LogP contribution in [-0.2, 0) is 4.74 Å². The van der Waals surface area contributed by atoms with Crippen LogP contribution in [0, 0.1) is 11.8 Å². The Hall–Kier alpha value is -0.160. The van der Waals surface area contributed by atoms with Gasteiger partial charge >= 0.3 is 0 Å². The van der Waals surface area contributed by atoms with Crippen molar-refractivity contribution in [3.63, 3.8) is 0 Å². The fourth-order valence-corrected chi connectivity index (χ4v) is 5.60. The Morgan fingerprint density at radius 3 is 1.78 bits per heavy atom. The molecular formula is C28H57N3O. The Balaban J connectivity index is 0.000000227. The lowest BCUT2D eigenvalue weighted by atomic mass is 10.0. The number of nitrogens with zero attached hydrogens (tertiary/aromatic N) is 3. The minimum absolute atomic E-state index is 0.530. The van der Waals surface area contributed by atoms with Crippen LogP contribution < -0.4 is 0 Å². The molecule has 3 saturated heterocycles. The summed E-state index contributed by atoms with van der Waals surface area (Å²) in [5.41, 5.74) is 0. The fourth-order valence-electron chi connectivity index (χ4n) is 5.60. The number of rotatable bonds is 9. The lowest BCUT2D eigenvalue weighted by Gasteiger charge is -2.38. The quantitative estimate of drug-likeness (QED) is 0.406. The fraction of sp³-hybridized carbons (Fsp3) is 1.00. The summed E-state index contributed by atoms with van der Waals surface area (Å²) in [6.07, 6.45) is 11.1. The molecule has 1 atom stereocenters. The van der Waals surface area contributed by atoms with Gasteiger partial charge in [-0.1, -0.05) is 27.2 Å². The van der Waals surface area contributed by atoms with Crippen LogP contribution in [0.1, 0.15) is 99.8 Å². The largest absolute Gasteiger partial charge is 0.378 e. The Morgan fingerprint density at radius 2 is 1.31 bits per heavy atom. The van der Waals surface area contributed by atoms with Gasteiger partial charge in [-0.3, -0.25) is 0 Å². The lowest BCUT2D eigenvalue weighted by Crippen LogP contribution is -2.46. The molecule has 0 N–H and O–H groups in total. The van der Waals surface area contributed by atoms with Gasteiger partial charge in [-0.2, -0.15) is 0 Å². The average molecular weight is 452 g/mol. The van der Waals surface area contributed by atoms with Crippen molar-refractivity contribution in [1.29, 1.82) is 0 Å². The van der Waals surface area contributed by atoms with Crippen LogP contribution in [0.4, 0.5) is 0 Å². The maximum Gasteiger partial charge on any atom is 0.0599 e. The highest BCUT2D eigenvalue weighted by Crippen LogP contribution is 2.26. The minimum atomic E-state index is 0.530. The summed E-state index contributed by atoms with van der Waals surface area (Å²) in [5, 5.41) is 0. The third-order valence-electron chi connectivity index (χ3n) is 8.13. The van der Waals surface area contributed by atoms with Gasteiger partial charge in [0.05, 0.1) is 6.10 Å². The van der Waals surface area contributed by atoms with E-state index in [-0.39, 0.29) is 0 Å². The van der Waals surface area contributed by atoms with Crippen LogP contribution in [0.3, 0.4) is 0 Å². The average Bonchev–Trinajstić information content (AvgIpc) is 3.27. The molecule has 0 aromatic rings. The number of likely N-dealkylation sites (tertiary alicyclic amines) is 3. The molecule has 4 heteroatoms. The van der Waals surface area contributed by atoms with E-state index in [0.29, 0.717) is 12.1 Å². The zero-order valence-corrected chi connectivity index (χ0v) is 22.8. The molecule has 3 rings (SSSR count). The monoisotopic (exact) mass is 451 g/mol. The maximum absolute atomic E-state index is 5.93. The summed E-state index contributed by atoms with van der Waals surface area (Å²) in [7, 11) is 0. The number of piperidine rings is 2. The molecule has 0 saturated carbocycles. The van der Waals surface area contributed by atoms with Gasteiger partial charge in [0.25, 0.3) is 0 Å². The van der Waals surface area contributed by atoms with Crippen LogP contribution >= 0.6 is 0 Å². The topological polar surface area (TPSA) is 19.0 Å². The molecule has 1 unspecified atom stereocenters. The summed E-state index contributed by atoms with van der Waals surface area (Å²) in [4.78, 5) is 7.95. The minimum Gasteiger partial charge on any atom is -0.378 e. The van der Waals surface area contributed by atoms with Crippen molar-refractivity contribution < 1.29 is 4.74 Å². The Labute approximate surface area is 201 Å². The summed E-state index contributed by atoms with van der Waals surface area (Å²) in [6.45, 7) is 24.9. The Bertz CT molecular complexity index is 465. The van der Waals surface area contributed by atoms with E-state index in [4.69, 9.17) is 4.74 Å². The molecule has 32 heavy (non-hydrogen) atoms. The number of hydrogen-bond donors (Lipinski definition) is 0. The van der Waals surface area contributed by atoms with Gasteiger partial charge in [0.15, 0.2) is 0 Å². The third kappa shape index (κ3) is 9.99. The summed E-state index contributed by atoms with van der Waals surface area (Å²) < 4.78 is 5.93. The first-order chi connectivity index (χ1) is 15.3. The SMILES string of the molecule is CC(C)CCCOC1CCN(C(C)C)CC1.CCC1CCN(C2CCN(C(C)C)CC2)C1. The molecule has 0 spiro atoms. The molecule has 0 bridgehead atoms. The molecule has 3 fully saturated rings. The van der Waals surface area contributed by atoms with E-state index in [1.54, 1.807) is 0 Å². The molecule has 0 amide bonds. The second-order valence-electron chi connectivity index (χ2n) is 11.7. The summed E-state index contributed by atoms with van der Waals surface area (Å²) >= 11 is 0. The standard InChI is InChI=1S/C14H28N2.C14H29NO/c1-4-13-5-8-16(11-13)14-6-9-15(10-7-14)12(2)3;1-12(2)6-5-11-16-14-7-9-15(10-8-14)13(3)4/h12-14H,4-11H2,1-3H3;12-14H,5-11H2,1-4H3. The van der Waals surface area contributed by atoms with Gasteiger partial charge in [-0.05, 0) is 104 Å². The van der Waals surface area contributed by atoms with Crippen molar-refractivity contribution in [2.75, 3.05) is 45.9 Å². The van der Waals surface area contributed by atoms with Crippen molar-refractivity contribution in [2.24, 2.45) is 11.8 Å². The van der Waals surface area contributed by atoms with E-state index in [0.717, 1.165) is 30.5 Å². The molecule has 3 aliphatic rings. The zero-order chi connectivity index (χ0) is 23.5. The second kappa shape index (κ2) is 15.0. The first kappa shape index (κ1) is 28.1. The lowest BCUT2D eigenvalue weighted by molar-refractivity contribution is -0.000759. The van der Waals surface area contributed by atoms with Crippen LogP contribution in [0.5, 0.6) is 0 Å². The summed E-state index contributed by atoms with van der Waals surface area (Å²) in [5.74, 6) is 1.80. The van der Waals surface area contributed by atoms with E-state index < -0.39 is 0 Å². The summed E-state index contributed by atoms with van der Waals surface area (Å²) in [6, 6.07) is 2.33. The van der Waals surface area contributed by atoms with E-state index in [1.807, 2.05) is 0 Å². The number of hydrogen-bond acceptors (Lipinski definition) is 4. The predicted octanol–water partition coefficient (Wildman–Crippen LogP) is 5.90. The molecule has 190 valence electrons. The van der Waals surface area contributed by atoms with E-state index in [2.05, 4.69) is 63.2 Å². The molecule has 0 aliphatic carbocycles. The first-order valence-electron chi connectivity index (χ1n) is 14.1. The molecule has 0 radical (unpaired) electrons. The van der Waals surface area contributed by atoms with E-state index in [9.17, 15) is 0 Å². The van der Waals surface area contributed by atoms with Crippen LogP contribution in [0.2, 0.25) is 0 Å². The predicted molar refractivity (Wildman–Crippen MR) is 139 cm³/mol. The molecule has 3 heterocycles. The number of ether oxygens (including phenoxy) is 1. The van der Waals surface area contributed by atoms with Crippen molar-refractivity contribution in [2.45, 2.75) is 124 Å². The zero-order valence-electron chi connectivity index (χ0n) is 22.8. The van der Waals surface area contributed by atoms with E-state index >= 15 is 0 Å². The highest BCUT2D eigenvalue weighted by Gasteiger charge is 2.30. The molecular weight excluding hydrogens is 394 g/mol. The van der Waals surface area contributed by atoms with Crippen molar-refractivity contribution in [1.82, 2.24) is 14.7 Å². The third-order valence-corrected chi connectivity index (χ3v) is 8.13. The van der Waals surface area contributed by atoms with Gasteiger partial charge in [0, 0.05) is 44.4 Å². The Morgan fingerprint density at radius 1 is 0.750 bits per heavy atom. The second-order valence-corrected chi connectivity index (χ2v) is 11.7. The van der Waals surface area contributed by atoms with Crippen LogP contribution in [-0.4, -0.2) is 84.8 Å².